The molecule has 0 aliphatic carbocycles. The number of carbonyl (C=O) groups is 1. The fraction of sp³-hybridized carbons (Fsp3) is 0.708. The lowest BCUT2D eigenvalue weighted by Crippen LogP contribution is -2.55. The molecule has 0 N–H and O–H groups in total. The molecule has 2 rings (SSSR count). The molecule has 1 aliphatic rings. The van der Waals surface area contributed by atoms with Crippen LogP contribution in [0.1, 0.15) is 31.1 Å². The Hall–Kier alpha value is -0.819. The molecule has 1 unspecified atom stereocenters. The van der Waals surface area contributed by atoms with Crippen LogP contribution in [0.5, 0.6) is 5.75 Å². The number of carbonyl (C=O) groups excluding carboxylic acids is 1. The van der Waals surface area contributed by atoms with Gasteiger partial charge in [0.1, 0.15) is 5.75 Å². The number of nitrogens with zero attached hydrogens (tertiary/aromatic N) is 1. The van der Waals surface area contributed by atoms with Crippen LogP contribution in [0.2, 0.25) is 51.4 Å². The van der Waals surface area contributed by atoms with Crippen molar-refractivity contribution < 1.29 is 22.5 Å². The van der Waals surface area contributed by atoms with E-state index in [2.05, 4.69) is 57.7 Å². The van der Waals surface area contributed by atoms with Crippen LogP contribution in [-0.4, -0.2) is 74.3 Å². The summed E-state index contributed by atoms with van der Waals surface area (Å²) in [4.78, 5) is 15.4. The first-order valence-electron chi connectivity index (χ1n) is 12.0. The molecule has 33 heavy (non-hydrogen) atoms. The van der Waals surface area contributed by atoms with E-state index in [-0.39, 0.29) is 11.3 Å². The summed E-state index contributed by atoms with van der Waals surface area (Å²) in [6.07, 6.45) is 0. The molecular formula is C24H45NO5Si3. The molecule has 9 heteroatoms. The first kappa shape index (κ1) is 28.4. The minimum Gasteiger partial charge on any atom is -0.493 e. The maximum absolute atomic E-state index is 13.2. The van der Waals surface area contributed by atoms with Crippen molar-refractivity contribution in [1.82, 2.24) is 4.90 Å². The van der Waals surface area contributed by atoms with Gasteiger partial charge >= 0.3 is 8.56 Å². The van der Waals surface area contributed by atoms with Gasteiger partial charge < -0.3 is 17.7 Å². The van der Waals surface area contributed by atoms with Crippen molar-refractivity contribution in [2.24, 2.45) is 0 Å². The largest absolute Gasteiger partial charge is 0.493 e. The van der Waals surface area contributed by atoms with Gasteiger partial charge in [0, 0.05) is 24.2 Å². The van der Waals surface area contributed by atoms with Crippen LogP contribution in [0.25, 0.3) is 0 Å². The van der Waals surface area contributed by atoms with E-state index in [1.807, 2.05) is 38.1 Å². The monoisotopic (exact) mass is 511 g/mol. The summed E-state index contributed by atoms with van der Waals surface area (Å²) in [5, 5.41) is 0. The van der Waals surface area contributed by atoms with Gasteiger partial charge in [-0.05, 0) is 83.9 Å². The van der Waals surface area contributed by atoms with E-state index in [0.717, 1.165) is 18.8 Å². The van der Waals surface area contributed by atoms with Gasteiger partial charge in [0.25, 0.3) is 0 Å². The van der Waals surface area contributed by atoms with Crippen LogP contribution in [0.3, 0.4) is 0 Å². The smallest absolute Gasteiger partial charge is 0.320 e. The first-order valence-corrected chi connectivity index (χ1v) is 21.3. The van der Waals surface area contributed by atoms with E-state index in [4.69, 9.17) is 17.7 Å². The van der Waals surface area contributed by atoms with Gasteiger partial charge in [-0.25, -0.2) is 0 Å². The molecule has 0 aromatic heterocycles. The SMILES string of the molecule is CC(COc1ccc(C(=O)C(C)(C)N2CCOCC2)cc1)[Si](C)(O[Si](C)(C)C)O[Si](C)(C)C. The second kappa shape index (κ2) is 10.8. The highest BCUT2D eigenvalue weighted by Crippen LogP contribution is 2.32. The highest BCUT2D eigenvalue weighted by Gasteiger charge is 2.45. The van der Waals surface area contributed by atoms with E-state index in [1.54, 1.807) is 0 Å². The third-order valence-corrected chi connectivity index (χ3v) is 16.0. The van der Waals surface area contributed by atoms with Gasteiger partial charge in [-0.1, -0.05) is 6.92 Å². The second-order valence-corrected chi connectivity index (χ2v) is 24.8. The van der Waals surface area contributed by atoms with Crippen molar-refractivity contribution in [1.29, 1.82) is 0 Å². The fourth-order valence-electron chi connectivity index (χ4n) is 4.13. The average Bonchev–Trinajstić information content (AvgIpc) is 2.69. The lowest BCUT2D eigenvalue weighted by atomic mass is 9.91. The number of morpholine rings is 1. The Kier molecular flexibility index (Phi) is 9.34. The molecule has 1 saturated heterocycles. The molecule has 1 fully saturated rings. The third-order valence-electron chi connectivity index (χ3n) is 5.89. The lowest BCUT2D eigenvalue weighted by molar-refractivity contribution is -0.00430. The highest BCUT2D eigenvalue weighted by molar-refractivity contribution is 6.88. The molecule has 0 saturated carbocycles. The van der Waals surface area contributed by atoms with E-state index in [1.165, 1.54) is 0 Å². The van der Waals surface area contributed by atoms with Crippen molar-refractivity contribution >= 4 is 31.0 Å². The fourth-order valence-corrected chi connectivity index (χ4v) is 16.4. The predicted molar refractivity (Wildman–Crippen MR) is 143 cm³/mol. The van der Waals surface area contributed by atoms with Crippen LogP contribution in [0, 0.1) is 0 Å². The lowest BCUT2D eigenvalue weighted by Gasteiger charge is -2.41. The third kappa shape index (κ3) is 8.41. The van der Waals surface area contributed by atoms with Crippen molar-refractivity contribution in [3.8, 4) is 5.75 Å². The van der Waals surface area contributed by atoms with Crippen LogP contribution in [-0.2, 0) is 13.0 Å². The summed E-state index contributed by atoms with van der Waals surface area (Å²) >= 11 is 0. The first-order chi connectivity index (χ1) is 15.0. The number of rotatable bonds is 11. The molecule has 1 atom stereocenters. The quantitative estimate of drug-likeness (QED) is 0.288. The van der Waals surface area contributed by atoms with Crippen molar-refractivity contribution in [3.63, 3.8) is 0 Å². The van der Waals surface area contributed by atoms with Crippen LogP contribution < -0.4 is 4.74 Å². The molecule has 188 valence electrons. The summed E-state index contributed by atoms with van der Waals surface area (Å²) in [5.41, 5.74) is 0.323. The van der Waals surface area contributed by atoms with E-state index in [0.29, 0.717) is 25.4 Å². The van der Waals surface area contributed by atoms with Gasteiger partial charge in [-0.3, -0.25) is 9.69 Å². The van der Waals surface area contributed by atoms with Crippen LogP contribution >= 0.6 is 0 Å². The molecule has 0 spiro atoms. The number of hydrogen-bond acceptors (Lipinski definition) is 6. The zero-order valence-electron chi connectivity index (χ0n) is 22.4. The number of benzene rings is 1. The Bertz CT molecular complexity index is 765. The minimum absolute atomic E-state index is 0.122. The van der Waals surface area contributed by atoms with Crippen LogP contribution in [0.4, 0.5) is 0 Å². The number of ether oxygens (including phenoxy) is 2. The van der Waals surface area contributed by atoms with E-state index in [9.17, 15) is 4.79 Å². The van der Waals surface area contributed by atoms with Crippen molar-refractivity contribution in [3.05, 3.63) is 29.8 Å². The Morgan fingerprint density at radius 1 is 0.970 bits per heavy atom. The maximum atomic E-state index is 13.2. The molecule has 1 aliphatic heterocycles. The molecule has 1 heterocycles. The Balaban J connectivity index is 2.05. The zero-order valence-corrected chi connectivity index (χ0v) is 25.4. The molecule has 1 aromatic rings. The highest BCUT2D eigenvalue weighted by atomic mass is 28.5. The van der Waals surface area contributed by atoms with Gasteiger partial charge in [0.2, 0.25) is 0 Å². The summed E-state index contributed by atoms with van der Waals surface area (Å²) in [6, 6.07) is 7.54. The molecule has 0 bridgehead atoms. The number of ketones is 1. The standard InChI is InChI=1S/C24H45NO5Si3/c1-20(33(10,29-31(4,5)6)30-32(7,8)9)19-28-22-13-11-21(12-14-22)23(26)24(2,3)25-15-17-27-18-16-25/h11-14,20H,15-19H2,1-10H3. The topological polar surface area (TPSA) is 57.2 Å². The summed E-state index contributed by atoms with van der Waals surface area (Å²) in [5.74, 6) is 0.885. The molecule has 0 amide bonds. The van der Waals surface area contributed by atoms with Crippen molar-refractivity contribution in [2.75, 3.05) is 32.9 Å². The van der Waals surface area contributed by atoms with Gasteiger partial charge in [0.05, 0.1) is 25.4 Å². The van der Waals surface area contributed by atoms with E-state index >= 15 is 0 Å². The van der Waals surface area contributed by atoms with Gasteiger partial charge in [-0.15, -0.1) is 0 Å². The molecular weight excluding hydrogens is 467 g/mol. The number of hydrogen-bond donors (Lipinski definition) is 0. The normalized spacial score (nSPS) is 17.6. The van der Waals surface area contributed by atoms with Crippen LogP contribution in [0.15, 0.2) is 24.3 Å². The van der Waals surface area contributed by atoms with Gasteiger partial charge in [0.15, 0.2) is 22.4 Å². The minimum atomic E-state index is -2.42. The predicted octanol–water partition coefficient (Wildman–Crippen LogP) is 5.52. The molecule has 1 aromatic carbocycles. The molecule has 0 radical (unpaired) electrons. The maximum Gasteiger partial charge on any atom is 0.320 e. The summed E-state index contributed by atoms with van der Waals surface area (Å²) in [6.45, 7) is 25.1. The Morgan fingerprint density at radius 3 is 1.91 bits per heavy atom. The summed E-state index contributed by atoms with van der Waals surface area (Å²) < 4.78 is 24.9. The Labute approximate surface area is 204 Å². The second-order valence-electron chi connectivity index (χ2n) is 11.7. The summed E-state index contributed by atoms with van der Waals surface area (Å²) in [7, 11) is -5.95. The van der Waals surface area contributed by atoms with Gasteiger partial charge in [-0.2, -0.15) is 0 Å². The van der Waals surface area contributed by atoms with Crippen molar-refractivity contribution in [2.45, 2.75) is 77.7 Å². The zero-order chi connectivity index (χ0) is 25.1. The number of Topliss-reactive ketones (excluding diaryl/α,β-unsaturated/α-hetero) is 1. The average molecular weight is 512 g/mol. The Morgan fingerprint density at radius 2 is 1.45 bits per heavy atom. The molecule has 6 nitrogen and oxygen atoms in total. The van der Waals surface area contributed by atoms with E-state index < -0.39 is 30.7 Å².